The summed E-state index contributed by atoms with van der Waals surface area (Å²) in [5.41, 5.74) is 3.65. The summed E-state index contributed by atoms with van der Waals surface area (Å²) in [6.07, 6.45) is 0. The van der Waals surface area contributed by atoms with E-state index in [1.807, 2.05) is 47.0 Å². The zero-order chi connectivity index (χ0) is 17.8. The van der Waals surface area contributed by atoms with Gasteiger partial charge in [-0.15, -0.1) is 0 Å². The molecule has 2 amide bonds. The van der Waals surface area contributed by atoms with Gasteiger partial charge in [0.15, 0.2) is 0 Å². The molecule has 1 rings (SSSR count). The molecule has 0 aliphatic carbocycles. The Morgan fingerprint density at radius 1 is 1.04 bits per heavy atom. The molecule has 0 aromatic heterocycles. The third kappa shape index (κ3) is 6.02. The second-order valence-corrected chi connectivity index (χ2v) is 7.31. The van der Waals surface area contributed by atoms with Gasteiger partial charge in [-0.05, 0) is 51.4 Å². The lowest BCUT2D eigenvalue weighted by Crippen LogP contribution is -2.43. The molecule has 0 atom stereocenters. The molecule has 0 aliphatic heterocycles. The first-order valence-electron chi connectivity index (χ1n) is 7.83. The van der Waals surface area contributed by atoms with Crippen molar-refractivity contribution in [1.29, 1.82) is 0 Å². The Morgan fingerprint density at radius 2 is 1.57 bits per heavy atom. The first kappa shape index (κ1) is 19.2. The Labute approximate surface area is 139 Å². The van der Waals surface area contributed by atoms with E-state index in [0.29, 0.717) is 12.2 Å². The quantitative estimate of drug-likeness (QED) is 0.818. The average Bonchev–Trinajstić information content (AvgIpc) is 2.38. The minimum absolute atomic E-state index is 0.102. The van der Waals surface area contributed by atoms with Gasteiger partial charge in [-0.1, -0.05) is 31.5 Å². The van der Waals surface area contributed by atoms with Gasteiger partial charge in [0.1, 0.15) is 0 Å². The second-order valence-electron chi connectivity index (χ2n) is 7.31. The lowest BCUT2D eigenvalue weighted by molar-refractivity contribution is -0.136. The molecule has 0 aliphatic rings. The molecule has 0 radical (unpaired) electrons. The van der Waals surface area contributed by atoms with E-state index in [1.165, 1.54) is 0 Å². The van der Waals surface area contributed by atoms with Crippen LogP contribution in [0.1, 0.15) is 30.5 Å². The summed E-state index contributed by atoms with van der Waals surface area (Å²) in [5.74, 6) is -1.23. The van der Waals surface area contributed by atoms with E-state index >= 15 is 0 Å². The smallest absolute Gasteiger partial charge is 0.313 e. The molecule has 1 aromatic carbocycles. The van der Waals surface area contributed by atoms with Gasteiger partial charge < -0.3 is 15.5 Å². The summed E-state index contributed by atoms with van der Waals surface area (Å²) in [6.45, 7) is 11.2. The summed E-state index contributed by atoms with van der Waals surface area (Å²) < 4.78 is 0. The number of anilines is 1. The van der Waals surface area contributed by atoms with Crippen LogP contribution in [0.25, 0.3) is 0 Å². The van der Waals surface area contributed by atoms with Crippen molar-refractivity contribution in [2.75, 3.05) is 32.5 Å². The molecule has 0 bridgehead atoms. The van der Waals surface area contributed by atoms with Gasteiger partial charge in [0, 0.05) is 18.8 Å². The molecular weight excluding hydrogens is 290 g/mol. The third-order valence-electron chi connectivity index (χ3n) is 3.59. The van der Waals surface area contributed by atoms with E-state index in [2.05, 4.69) is 29.4 Å². The molecule has 0 spiro atoms. The summed E-state index contributed by atoms with van der Waals surface area (Å²) >= 11 is 0. The maximum Gasteiger partial charge on any atom is 0.313 e. The van der Waals surface area contributed by atoms with E-state index in [9.17, 15) is 9.59 Å². The van der Waals surface area contributed by atoms with Crippen molar-refractivity contribution in [2.24, 2.45) is 5.41 Å². The molecule has 0 saturated carbocycles. The molecule has 0 saturated heterocycles. The van der Waals surface area contributed by atoms with Gasteiger partial charge in [0.2, 0.25) is 0 Å². The van der Waals surface area contributed by atoms with Gasteiger partial charge in [-0.3, -0.25) is 9.59 Å². The van der Waals surface area contributed by atoms with Crippen molar-refractivity contribution < 1.29 is 9.59 Å². The van der Waals surface area contributed by atoms with Crippen LogP contribution in [0.3, 0.4) is 0 Å². The number of rotatable bonds is 5. The van der Waals surface area contributed by atoms with Crippen LogP contribution in [-0.2, 0) is 9.59 Å². The lowest BCUT2D eigenvalue weighted by atomic mass is 9.93. The number of nitrogens with zero attached hydrogens (tertiary/aromatic N) is 1. The SMILES string of the molecule is Cc1cc(C)c(NC(=O)C(=O)NCC(C)(C)CN(C)C)c(C)c1. The normalized spacial score (nSPS) is 11.5. The van der Waals surface area contributed by atoms with Crippen LogP contribution in [0.5, 0.6) is 0 Å². The molecular formula is C18H29N3O2. The molecule has 5 nitrogen and oxygen atoms in total. The van der Waals surface area contributed by atoms with E-state index in [-0.39, 0.29) is 5.41 Å². The fourth-order valence-electron chi connectivity index (χ4n) is 2.86. The number of benzene rings is 1. The highest BCUT2D eigenvalue weighted by molar-refractivity contribution is 6.39. The number of aryl methyl sites for hydroxylation is 3. The summed E-state index contributed by atoms with van der Waals surface area (Å²) in [7, 11) is 3.97. The van der Waals surface area contributed by atoms with Gasteiger partial charge in [0.25, 0.3) is 0 Å². The van der Waals surface area contributed by atoms with Crippen LogP contribution < -0.4 is 10.6 Å². The Balaban J connectivity index is 2.67. The maximum absolute atomic E-state index is 12.1. The summed E-state index contributed by atoms with van der Waals surface area (Å²) in [4.78, 5) is 26.2. The minimum Gasteiger partial charge on any atom is -0.347 e. The lowest BCUT2D eigenvalue weighted by Gasteiger charge is -2.28. The fraction of sp³-hybridized carbons (Fsp3) is 0.556. The molecule has 1 aromatic rings. The third-order valence-corrected chi connectivity index (χ3v) is 3.59. The monoisotopic (exact) mass is 319 g/mol. The fourth-order valence-corrected chi connectivity index (χ4v) is 2.86. The van der Waals surface area contributed by atoms with Crippen molar-refractivity contribution in [3.8, 4) is 0 Å². The van der Waals surface area contributed by atoms with E-state index < -0.39 is 11.8 Å². The van der Waals surface area contributed by atoms with Gasteiger partial charge in [0.05, 0.1) is 0 Å². The first-order chi connectivity index (χ1) is 10.5. The highest BCUT2D eigenvalue weighted by atomic mass is 16.2. The summed E-state index contributed by atoms with van der Waals surface area (Å²) in [6, 6.07) is 3.97. The van der Waals surface area contributed by atoms with Crippen LogP contribution in [0, 0.1) is 26.2 Å². The highest BCUT2D eigenvalue weighted by Crippen LogP contribution is 2.21. The Bertz CT molecular complexity index is 569. The zero-order valence-electron chi connectivity index (χ0n) is 15.3. The predicted molar refractivity (Wildman–Crippen MR) is 94.6 cm³/mol. The number of carbonyl (C=O) groups excluding carboxylic acids is 2. The molecule has 2 N–H and O–H groups in total. The molecule has 0 fully saturated rings. The van der Waals surface area contributed by atoms with Crippen LogP contribution >= 0.6 is 0 Å². The number of nitrogens with one attached hydrogen (secondary N) is 2. The Kier molecular flexibility index (Phi) is 6.33. The average molecular weight is 319 g/mol. The van der Waals surface area contributed by atoms with Crippen molar-refractivity contribution in [3.05, 3.63) is 28.8 Å². The van der Waals surface area contributed by atoms with Crippen molar-refractivity contribution >= 4 is 17.5 Å². The molecule has 0 unspecified atom stereocenters. The Morgan fingerprint density at radius 3 is 2.04 bits per heavy atom. The van der Waals surface area contributed by atoms with Crippen molar-refractivity contribution in [3.63, 3.8) is 0 Å². The van der Waals surface area contributed by atoms with Crippen LogP contribution in [-0.4, -0.2) is 43.9 Å². The first-order valence-corrected chi connectivity index (χ1v) is 7.83. The predicted octanol–water partition coefficient (Wildman–Crippen LogP) is 2.25. The number of hydrogen-bond acceptors (Lipinski definition) is 3. The molecule has 0 heterocycles. The number of carbonyl (C=O) groups is 2. The zero-order valence-corrected chi connectivity index (χ0v) is 15.3. The Hall–Kier alpha value is -1.88. The van der Waals surface area contributed by atoms with Crippen LogP contribution in [0.15, 0.2) is 12.1 Å². The largest absolute Gasteiger partial charge is 0.347 e. The standard InChI is InChI=1S/C18H29N3O2/c1-12-8-13(2)15(14(3)9-12)20-17(23)16(22)19-10-18(4,5)11-21(6)7/h8-9H,10-11H2,1-7H3,(H,19,22)(H,20,23). The highest BCUT2D eigenvalue weighted by Gasteiger charge is 2.22. The van der Waals surface area contributed by atoms with E-state index in [0.717, 1.165) is 23.2 Å². The second kappa shape index (κ2) is 7.59. The van der Waals surface area contributed by atoms with Crippen LogP contribution in [0.2, 0.25) is 0 Å². The summed E-state index contributed by atoms with van der Waals surface area (Å²) in [5, 5.41) is 5.44. The maximum atomic E-state index is 12.1. The van der Waals surface area contributed by atoms with Gasteiger partial charge in [-0.25, -0.2) is 0 Å². The molecule has 5 heteroatoms. The molecule has 23 heavy (non-hydrogen) atoms. The minimum atomic E-state index is -0.624. The topological polar surface area (TPSA) is 61.4 Å². The van der Waals surface area contributed by atoms with Gasteiger partial charge in [-0.2, -0.15) is 0 Å². The van der Waals surface area contributed by atoms with Crippen LogP contribution in [0.4, 0.5) is 5.69 Å². The molecule has 128 valence electrons. The van der Waals surface area contributed by atoms with Crippen molar-refractivity contribution in [2.45, 2.75) is 34.6 Å². The van der Waals surface area contributed by atoms with E-state index in [4.69, 9.17) is 0 Å². The number of hydrogen-bond donors (Lipinski definition) is 2. The van der Waals surface area contributed by atoms with Crippen molar-refractivity contribution in [1.82, 2.24) is 10.2 Å². The number of amides is 2. The van der Waals surface area contributed by atoms with E-state index in [1.54, 1.807) is 0 Å². The van der Waals surface area contributed by atoms with Gasteiger partial charge >= 0.3 is 11.8 Å².